The minimum absolute atomic E-state index is 0.0161. The number of aromatic nitrogens is 3. The highest BCUT2D eigenvalue weighted by Gasteiger charge is 2.49. The summed E-state index contributed by atoms with van der Waals surface area (Å²) < 4.78 is 44.3. The highest BCUT2D eigenvalue weighted by atomic mass is 19.4. The molecule has 0 radical (unpaired) electrons. The van der Waals surface area contributed by atoms with Crippen LogP contribution in [0.2, 0.25) is 0 Å². The smallest absolute Gasteiger partial charge is 0.337 e. The Balaban J connectivity index is 1.42. The van der Waals surface area contributed by atoms with Crippen LogP contribution in [0.4, 0.5) is 13.2 Å². The van der Waals surface area contributed by atoms with E-state index in [1.807, 2.05) is 60.7 Å². The summed E-state index contributed by atoms with van der Waals surface area (Å²) in [6.07, 6.45) is -1.99. The molecule has 0 spiro atoms. The second kappa shape index (κ2) is 8.40. The van der Waals surface area contributed by atoms with Gasteiger partial charge in [-0.3, -0.25) is 9.78 Å². The highest BCUT2D eigenvalue weighted by molar-refractivity contribution is 5.94. The number of pyridine rings is 1. The molecule has 0 N–H and O–H groups in total. The van der Waals surface area contributed by atoms with E-state index in [9.17, 15) is 18.0 Å². The van der Waals surface area contributed by atoms with Gasteiger partial charge in [-0.05, 0) is 23.6 Å². The average Bonchev–Trinajstić information content (AvgIpc) is 3.46. The van der Waals surface area contributed by atoms with Gasteiger partial charge in [0, 0.05) is 24.5 Å². The minimum Gasteiger partial charge on any atom is -0.337 e. The zero-order chi connectivity index (χ0) is 23.8. The lowest BCUT2D eigenvalue weighted by molar-refractivity contribution is -0.137. The van der Waals surface area contributed by atoms with Crippen LogP contribution in [0.15, 0.2) is 83.6 Å². The molecule has 1 saturated heterocycles. The zero-order valence-electron chi connectivity index (χ0n) is 17.9. The number of carbonyl (C=O) groups excluding carboxylic acids is 1. The van der Waals surface area contributed by atoms with Crippen LogP contribution in [0.5, 0.6) is 0 Å². The normalized spacial score (nSPS) is 15.6. The van der Waals surface area contributed by atoms with Crippen molar-refractivity contribution in [3.05, 3.63) is 102 Å². The van der Waals surface area contributed by atoms with Gasteiger partial charge in [-0.25, -0.2) is 0 Å². The average molecular weight is 464 g/mol. The number of alkyl halides is 3. The van der Waals surface area contributed by atoms with E-state index in [1.54, 1.807) is 4.90 Å². The van der Waals surface area contributed by atoms with Crippen molar-refractivity contribution in [2.24, 2.45) is 0 Å². The Bertz CT molecular complexity index is 1270. The van der Waals surface area contributed by atoms with Crippen molar-refractivity contribution >= 4 is 5.91 Å². The van der Waals surface area contributed by atoms with Gasteiger partial charge in [0.2, 0.25) is 17.6 Å². The molecule has 2 aromatic heterocycles. The molecule has 2 aromatic carbocycles. The second-order valence-corrected chi connectivity index (χ2v) is 8.09. The van der Waals surface area contributed by atoms with E-state index < -0.39 is 17.2 Å². The molecule has 1 fully saturated rings. The van der Waals surface area contributed by atoms with Gasteiger partial charge in [0.15, 0.2) is 0 Å². The van der Waals surface area contributed by atoms with Crippen LogP contribution in [-0.2, 0) is 22.9 Å². The first-order valence-electron chi connectivity index (χ1n) is 10.6. The number of nitrogens with zero attached hydrogens (tertiary/aromatic N) is 4. The van der Waals surface area contributed by atoms with Gasteiger partial charge in [0.05, 0.1) is 5.56 Å². The fraction of sp³-hybridized carbons (Fsp3) is 0.200. The lowest BCUT2D eigenvalue weighted by Crippen LogP contribution is -2.38. The van der Waals surface area contributed by atoms with Crippen LogP contribution in [-0.4, -0.2) is 32.5 Å². The predicted molar refractivity (Wildman–Crippen MR) is 116 cm³/mol. The van der Waals surface area contributed by atoms with Crippen molar-refractivity contribution in [1.29, 1.82) is 0 Å². The minimum atomic E-state index is -4.53. The van der Waals surface area contributed by atoms with Crippen molar-refractivity contribution in [2.75, 3.05) is 6.54 Å². The maximum Gasteiger partial charge on any atom is 0.417 e. The third kappa shape index (κ3) is 3.83. The summed E-state index contributed by atoms with van der Waals surface area (Å²) in [5.74, 6) is 0.0284. The molecule has 172 valence electrons. The molecule has 1 amide bonds. The standard InChI is InChI=1S/C25H19F3N4O2/c26-25(27,28)20-13-17(14-29-15-20)22-30-21(34-31-22)16-32-12-11-24(23(32)33,18-7-3-1-4-8-18)19-9-5-2-6-10-19/h1-10,13-15H,11-12,16H2. The quantitative estimate of drug-likeness (QED) is 0.422. The number of benzene rings is 2. The SMILES string of the molecule is O=C1N(Cc2nc(-c3cncc(C(F)(F)F)c3)no2)CCC1(c1ccccc1)c1ccccc1. The van der Waals surface area contributed by atoms with Gasteiger partial charge in [-0.15, -0.1) is 0 Å². The highest BCUT2D eigenvalue weighted by Crippen LogP contribution is 2.42. The number of amides is 1. The third-order valence-corrected chi connectivity index (χ3v) is 6.06. The Morgan fingerprint density at radius 1 is 0.971 bits per heavy atom. The summed E-state index contributed by atoms with van der Waals surface area (Å²) >= 11 is 0. The molecular weight excluding hydrogens is 445 g/mol. The second-order valence-electron chi connectivity index (χ2n) is 8.09. The molecule has 1 aliphatic heterocycles. The predicted octanol–water partition coefficient (Wildman–Crippen LogP) is 4.87. The topological polar surface area (TPSA) is 72.1 Å². The van der Waals surface area contributed by atoms with Crippen molar-refractivity contribution in [3.63, 3.8) is 0 Å². The fourth-order valence-corrected chi connectivity index (χ4v) is 4.40. The van der Waals surface area contributed by atoms with E-state index in [-0.39, 0.29) is 29.7 Å². The Morgan fingerprint density at radius 3 is 2.24 bits per heavy atom. The zero-order valence-corrected chi connectivity index (χ0v) is 17.9. The lowest BCUT2D eigenvalue weighted by atomic mass is 9.73. The van der Waals surface area contributed by atoms with Crippen molar-refractivity contribution in [1.82, 2.24) is 20.0 Å². The first kappa shape index (κ1) is 21.8. The molecule has 1 aliphatic rings. The lowest BCUT2D eigenvalue weighted by Gasteiger charge is -2.29. The van der Waals surface area contributed by atoms with Crippen molar-refractivity contribution in [2.45, 2.75) is 24.6 Å². The molecule has 0 saturated carbocycles. The van der Waals surface area contributed by atoms with Crippen LogP contribution in [0, 0.1) is 0 Å². The van der Waals surface area contributed by atoms with Gasteiger partial charge >= 0.3 is 6.18 Å². The first-order valence-corrected chi connectivity index (χ1v) is 10.6. The Hall–Kier alpha value is -4.01. The van der Waals surface area contributed by atoms with Crippen LogP contribution in [0.3, 0.4) is 0 Å². The summed E-state index contributed by atoms with van der Waals surface area (Å²) in [5, 5.41) is 3.80. The molecule has 0 bridgehead atoms. The molecule has 4 aromatic rings. The van der Waals surface area contributed by atoms with Crippen LogP contribution in [0.1, 0.15) is 29.0 Å². The maximum atomic E-state index is 13.8. The molecule has 6 nitrogen and oxygen atoms in total. The molecular formula is C25H19F3N4O2. The molecule has 9 heteroatoms. The molecule has 34 heavy (non-hydrogen) atoms. The summed E-state index contributed by atoms with van der Waals surface area (Å²) in [5.41, 5.74) is 0.142. The van der Waals surface area contributed by atoms with E-state index >= 15 is 0 Å². The summed E-state index contributed by atoms with van der Waals surface area (Å²) in [6.45, 7) is 0.519. The Kier molecular flexibility index (Phi) is 5.39. The largest absolute Gasteiger partial charge is 0.417 e. The molecule has 0 unspecified atom stereocenters. The summed E-state index contributed by atoms with van der Waals surface area (Å²) in [6, 6.07) is 20.1. The van der Waals surface area contributed by atoms with Crippen LogP contribution < -0.4 is 0 Å². The molecule has 0 atom stereocenters. The maximum absolute atomic E-state index is 13.8. The first-order chi connectivity index (χ1) is 16.4. The number of hydrogen-bond acceptors (Lipinski definition) is 5. The van der Waals surface area contributed by atoms with Crippen molar-refractivity contribution in [3.8, 4) is 11.4 Å². The number of likely N-dealkylation sites (tertiary alicyclic amines) is 1. The van der Waals surface area contributed by atoms with E-state index in [4.69, 9.17) is 4.52 Å². The van der Waals surface area contributed by atoms with E-state index in [1.165, 1.54) is 6.20 Å². The molecule has 0 aliphatic carbocycles. The van der Waals surface area contributed by atoms with Gasteiger partial charge < -0.3 is 9.42 Å². The van der Waals surface area contributed by atoms with Gasteiger partial charge in [-0.2, -0.15) is 18.2 Å². The monoisotopic (exact) mass is 464 g/mol. The van der Waals surface area contributed by atoms with E-state index in [0.29, 0.717) is 13.0 Å². The third-order valence-electron chi connectivity index (χ3n) is 6.06. The van der Waals surface area contributed by atoms with Crippen LogP contribution in [0.25, 0.3) is 11.4 Å². The molecule has 3 heterocycles. The van der Waals surface area contributed by atoms with E-state index in [2.05, 4.69) is 15.1 Å². The number of rotatable bonds is 5. The molecule has 5 rings (SSSR count). The number of halogens is 3. The van der Waals surface area contributed by atoms with Gasteiger partial charge in [0.25, 0.3) is 0 Å². The van der Waals surface area contributed by atoms with Gasteiger partial charge in [-0.1, -0.05) is 65.8 Å². The van der Waals surface area contributed by atoms with E-state index in [0.717, 1.165) is 23.4 Å². The van der Waals surface area contributed by atoms with Gasteiger partial charge in [0.1, 0.15) is 12.0 Å². The Labute approximate surface area is 193 Å². The number of carbonyl (C=O) groups is 1. The fourth-order valence-electron chi connectivity index (χ4n) is 4.40. The van der Waals surface area contributed by atoms with Crippen LogP contribution >= 0.6 is 0 Å². The Morgan fingerprint density at radius 2 is 1.62 bits per heavy atom. The van der Waals surface area contributed by atoms with Crippen molar-refractivity contribution < 1.29 is 22.5 Å². The number of hydrogen-bond donors (Lipinski definition) is 0. The summed E-state index contributed by atoms with van der Waals surface area (Å²) in [7, 11) is 0. The summed E-state index contributed by atoms with van der Waals surface area (Å²) in [4.78, 5) is 23.3.